The highest BCUT2D eigenvalue weighted by Gasteiger charge is 2.31. The first-order valence-electron chi connectivity index (χ1n) is 7.03. The summed E-state index contributed by atoms with van der Waals surface area (Å²) in [6, 6.07) is 11.9. The molecule has 2 aromatic rings. The second kappa shape index (κ2) is 7.11. The van der Waals surface area contributed by atoms with Crippen LogP contribution in [0.4, 0.5) is 14.5 Å². The van der Waals surface area contributed by atoms with Crippen LogP contribution in [-0.2, 0) is 4.79 Å². The van der Waals surface area contributed by atoms with Gasteiger partial charge in [0.1, 0.15) is 16.0 Å². The van der Waals surface area contributed by atoms with E-state index in [1.165, 1.54) is 29.2 Å². The van der Waals surface area contributed by atoms with Crippen LogP contribution >= 0.6 is 24.0 Å². The average Bonchev–Trinajstić information content (AvgIpc) is 2.79. The summed E-state index contributed by atoms with van der Waals surface area (Å²) in [6.45, 7) is 0.134. The smallest absolute Gasteiger partial charge is 0.267 e. The number of nitrogens with one attached hydrogen (secondary N) is 1. The Kier molecular flexibility index (Phi) is 4.92. The Bertz CT molecular complexity index is 839. The number of anilines is 1. The van der Waals surface area contributed by atoms with Gasteiger partial charge in [0.25, 0.3) is 5.91 Å². The van der Waals surface area contributed by atoms with E-state index in [9.17, 15) is 13.6 Å². The predicted molar refractivity (Wildman–Crippen MR) is 96.3 cm³/mol. The lowest BCUT2D eigenvalue weighted by Crippen LogP contribution is -2.33. The van der Waals surface area contributed by atoms with Crippen LogP contribution in [-0.4, -0.2) is 21.8 Å². The van der Waals surface area contributed by atoms with Crippen molar-refractivity contribution >= 4 is 46.0 Å². The first-order valence-corrected chi connectivity index (χ1v) is 8.26. The van der Waals surface area contributed by atoms with E-state index in [0.717, 1.165) is 11.8 Å². The molecule has 122 valence electrons. The quantitative estimate of drug-likeness (QED) is 0.651. The zero-order chi connectivity index (χ0) is 17.1. The topological polar surface area (TPSA) is 32.3 Å². The molecule has 2 aromatic carbocycles. The van der Waals surface area contributed by atoms with Gasteiger partial charge in [0.15, 0.2) is 0 Å². The summed E-state index contributed by atoms with van der Waals surface area (Å²) in [6.07, 6.45) is 1.60. The Morgan fingerprint density at radius 1 is 1.12 bits per heavy atom. The Labute approximate surface area is 147 Å². The van der Waals surface area contributed by atoms with Crippen molar-refractivity contribution in [2.45, 2.75) is 0 Å². The van der Waals surface area contributed by atoms with Crippen LogP contribution < -0.4 is 5.32 Å². The number of hydrogen-bond acceptors (Lipinski definition) is 4. The summed E-state index contributed by atoms with van der Waals surface area (Å²) in [5, 5.41) is 2.96. The van der Waals surface area contributed by atoms with Crippen molar-refractivity contribution in [1.82, 2.24) is 4.90 Å². The maximum absolute atomic E-state index is 13.2. The number of rotatable bonds is 4. The third-order valence-corrected chi connectivity index (χ3v) is 4.66. The standard InChI is InChI=1S/C17H12F2N2OS2/c18-12-4-1-3-11(7-12)8-15-16(22)21(17(23)24-15)10-20-14-6-2-5-13(19)9-14/h1-9,20H,10H2. The van der Waals surface area contributed by atoms with E-state index in [4.69, 9.17) is 12.2 Å². The molecule has 1 saturated heterocycles. The van der Waals surface area contributed by atoms with Crippen LogP contribution in [0.25, 0.3) is 6.08 Å². The fourth-order valence-corrected chi connectivity index (χ4v) is 3.41. The lowest BCUT2D eigenvalue weighted by molar-refractivity contribution is -0.121. The predicted octanol–water partition coefficient (Wildman–Crippen LogP) is 4.24. The number of benzene rings is 2. The molecule has 0 saturated carbocycles. The minimum absolute atomic E-state index is 0.134. The number of thiocarbonyl (C=S) groups is 1. The van der Waals surface area contributed by atoms with Crippen molar-refractivity contribution < 1.29 is 13.6 Å². The van der Waals surface area contributed by atoms with Gasteiger partial charge >= 0.3 is 0 Å². The third kappa shape index (κ3) is 3.80. The highest BCUT2D eigenvalue weighted by Crippen LogP contribution is 2.32. The molecule has 0 aromatic heterocycles. The fourth-order valence-electron chi connectivity index (χ4n) is 2.15. The maximum atomic E-state index is 13.2. The summed E-state index contributed by atoms with van der Waals surface area (Å²) in [7, 11) is 0. The van der Waals surface area contributed by atoms with Crippen molar-refractivity contribution in [3.8, 4) is 0 Å². The maximum Gasteiger partial charge on any atom is 0.267 e. The van der Waals surface area contributed by atoms with Gasteiger partial charge in [-0.15, -0.1) is 0 Å². The molecule has 0 spiro atoms. The minimum Gasteiger partial charge on any atom is -0.367 e. The Morgan fingerprint density at radius 3 is 2.54 bits per heavy atom. The molecule has 0 unspecified atom stereocenters. The number of carbonyl (C=O) groups is 1. The molecule has 3 nitrogen and oxygen atoms in total. The molecule has 1 aliphatic rings. The number of thioether (sulfide) groups is 1. The molecule has 0 radical (unpaired) electrons. The molecular formula is C17H12F2N2OS2. The van der Waals surface area contributed by atoms with Gasteiger partial charge in [0.2, 0.25) is 0 Å². The second-order valence-corrected chi connectivity index (χ2v) is 6.69. The van der Waals surface area contributed by atoms with E-state index < -0.39 is 0 Å². The summed E-state index contributed by atoms with van der Waals surface area (Å²) >= 11 is 6.37. The van der Waals surface area contributed by atoms with Crippen molar-refractivity contribution in [2.75, 3.05) is 12.0 Å². The number of amides is 1. The number of hydrogen-bond donors (Lipinski definition) is 1. The number of halogens is 2. The first kappa shape index (κ1) is 16.6. The van der Waals surface area contributed by atoms with Crippen molar-refractivity contribution in [2.24, 2.45) is 0 Å². The van der Waals surface area contributed by atoms with Crippen LogP contribution in [0.3, 0.4) is 0 Å². The second-order valence-electron chi connectivity index (χ2n) is 5.01. The largest absolute Gasteiger partial charge is 0.367 e. The monoisotopic (exact) mass is 362 g/mol. The van der Waals surface area contributed by atoms with E-state index in [1.54, 1.807) is 30.3 Å². The van der Waals surface area contributed by atoms with E-state index in [-0.39, 0.29) is 24.2 Å². The molecular weight excluding hydrogens is 350 g/mol. The van der Waals surface area contributed by atoms with Crippen molar-refractivity contribution in [1.29, 1.82) is 0 Å². The van der Waals surface area contributed by atoms with Crippen molar-refractivity contribution in [3.05, 3.63) is 70.6 Å². The summed E-state index contributed by atoms with van der Waals surface area (Å²) in [5.74, 6) is -0.999. The molecule has 1 aliphatic heterocycles. The van der Waals surface area contributed by atoms with Crippen LogP contribution in [0.2, 0.25) is 0 Å². The molecule has 0 atom stereocenters. The summed E-state index contributed by atoms with van der Waals surface area (Å²) in [4.78, 5) is 14.2. The normalized spacial score (nSPS) is 16.1. The summed E-state index contributed by atoms with van der Waals surface area (Å²) in [5.41, 5.74) is 1.15. The zero-order valence-corrected chi connectivity index (χ0v) is 14.0. The van der Waals surface area contributed by atoms with E-state index in [0.29, 0.717) is 20.5 Å². The molecule has 1 amide bonds. The van der Waals surface area contributed by atoms with E-state index in [2.05, 4.69) is 5.32 Å². The van der Waals surface area contributed by atoms with E-state index >= 15 is 0 Å². The van der Waals surface area contributed by atoms with Gasteiger partial charge in [-0.1, -0.05) is 42.2 Å². The third-order valence-electron chi connectivity index (χ3n) is 3.29. The fraction of sp³-hybridized carbons (Fsp3) is 0.0588. The van der Waals surface area contributed by atoms with Gasteiger partial charge in [-0.25, -0.2) is 8.78 Å². The Hall–Kier alpha value is -2.25. The van der Waals surface area contributed by atoms with Gasteiger partial charge in [-0.2, -0.15) is 0 Å². The highest BCUT2D eigenvalue weighted by atomic mass is 32.2. The van der Waals surface area contributed by atoms with Gasteiger partial charge in [0, 0.05) is 5.69 Å². The minimum atomic E-state index is -0.369. The van der Waals surface area contributed by atoms with Gasteiger partial charge in [-0.05, 0) is 42.0 Å². The lowest BCUT2D eigenvalue weighted by Gasteiger charge is -2.16. The van der Waals surface area contributed by atoms with Gasteiger partial charge < -0.3 is 5.32 Å². The number of nitrogens with zero attached hydrogens (tertiary/aromatic N) is 1. The molecule has 1 heterocycles. The molecule has 1 fully saturated rings. The van der Waals surface area contributed by atoms with Gasteiger partial charge in [-0.3, -0.25) is 9.69 Å². The summed E-state index contributed by atoms with van der Waals surface area (Å²) < 4.78 is 26.8. The van der Waals surface area contributed by atoms with Crippen LogP contribution in [0, 0.1) is 11.6 Å². The van der Waals surface area contributed by atoms with Crippen LogP contribution in [0.5, 0.6) is 0 Å². The van der Waals surface area contributed by atoms with Gasteiger partial charge in [0.05, 0.1) is 11.6 Å². The van der Waals surface area contributed by atoms with Crippen LogP contribution in [0.1, 0.15) is 5.56 Å². The lowest BCUT2D eigenvalue weighted by atomic mass is 10.2. The molecule has 0 aliphatic carbocycles. The van der Waals surface area contributed by atoms with Crippen LogP contribution in [0.15, 0.2) is 53.4 Å². The van der Waals surface area contributed by atoms with Crippen molar-refractivity contribution in [3.63, 3.8) is 0 Å². The molecule has 1 N–H and O–H groups in total. The van der Waals surface area contributed by atoms with E-state index in [1.807, 2.05) is 0 Å². The highest BCUT2D eigenvalue weighted by molar-refractivity contribution is 8.26. The SMILES string of the molecule is O=C1C(=Cc2cccc(F)c2)SC(=S)N1CNc1cccc(F)c1. The zero-order valence-electron chi connectivity index (χ0n) is 12.3. The Morgan fingerprint density at radius 2 is 1.83 bits per heavy atom. The Balaban J connectivity index is 1.72. The molecule has 3 rings (SSSR count). The molecule has 7 heteroatoms. The molecule has 24 heavy (non-hydrogen) atoms. The first-order chi connectivity index (χ1) is 11.5. The molecule has 0 bridgehead atoms. The number of carbonyl (C=O) groups excluding carboxylic acids is 1. The average molecular weight is 362 g/mol.